The van der Waals surface area contributed by atoms with E-state index in [2.05, 4.69) is 28.9 Å². The molecule has 0 fully saturated rings. The smallest absolute Gasteiger partial charge is 0.360 e. The van der Waals surface area contributed by atoms with E-state index in [1.165, 1.54) is 13.4 Å². The number of anilines is 1. The van der Waals surface area contributed by atoms with Gasteiger partial charge in [0, 0.05) is 12.2 Å². The zero-order valence-corrected chi connectivity index (χ0v) is 15.6. The van der Waals surface area contributed by atoms with Crippen molar-refractivity contribution in [3.05, 3.63) is 47.7 Å². The van der Waals surface area contributed by atoms with Gasteiger partial charge in [0.15, 0.2) is 5.69 Å². The number of amides is 2. The number of hydrogen-bond acceptors (Lipinski definition) is 5. The van der Waals surface area contributed by atoms with Crippen molar-refractivity contribution < 1.29 is 18.7 Å². The van der Waals surface area contributed by atoms with Gasteiger partial charge in [0.2, 0.25) is 5.89 Å². The van der Waals surface area contributed by atoms with Crippen LogP contribution in [0.2, 0.25) is 0 Å². The quantitative estimate of drug-likeness (QED) is 0.759. The average Bonchev–Trinajstić information content (AvgIpc) is 3.08. The summed E-state index contributed by atoms with van der Waals surface area (Å²) in [5.41, 5.74) is 1.83. The van der Waals surface area contributed by atoms with Crippen molar-refractivity contribution in [3.8, 4) is 0 Å². The molecule has 0 atom stereocenters. The number of para-hydroxylation sites is 1. The highest BCUT2D eigenvalue weighted by Gasteiger charge is 2.19. The van der Waals surface area contributed by atoms with Gasteiger partial charge in [0.1, 0.15) is 6.26 Å². The third-order valence-electron chi connectivity index (χ3n) is 3.92. The van der Waals surface area contributed by atoms with Gasteiger partial charge in [-0.3, -0.25) is 0 Å². The fourth-order valence-corrected chi connectivity index (χ4v) is 2.32. The minimum Gasteiger partial charge on any atom is -0.464 e. The van der Waals surface area contributed by atoms with Gasteiger partial charge in [-0.2, -0.15) is 0 Å². The zero-order valence-electron chi connectivity index (χ0n) is 15.6. The van der Waals surface area contributed by atoms with Crippen molar-refractivity contribution in [1.29, 1.82) is 0 Å². The number of hydrogen-bond donors (Lipinski definition) is 1. The molecule has 0 aliphatic heterocycles. The minimum atomic E-state index is -0.571. The molecule has 1 N–H and O–H groups in total. The summed E-state index contributed by atoms with van der Waals surface area (Å²) in [6.45, 7) is 6.84. The third kappa shape index (κ3) is 5.34. The molecule has 0 unspecified atom stereocenters. The number of ether oxygens (including phenoxy) is 1. The topological polar surface area (TPSA) is 84.7 Å². The molecular weight excluding hydrogens is 334 g/mol. The Hall–Kier alpha value is -2.83. The first-order valence-corrected chi connectivity index (χ1v) is 8.55. The van der Waals surface area contributed by atoms with Gasteiger partial charge in [-0.25, -0.2) is 14.6 Å². The van der Waals surface area contributed by atoms with Crippen molar-refractivity contribution in [1.82, 2.24) is 9.88 Å². The first-order chi connectivity index (χ1) is 12.4. The van der Waals surface area contributed by atoms with Crippen LogP contribution in [0.3, 0.4) is 0 Å². The number of carbonyl (C=O) groups excluding carboxylic acids is 2. The lowest BCUT2D eigenvalue weighted by atomic mass is 10.1. The molecule has 7 nitrogen and oxygen atoms in total. The van der Waals surface area contributed by atoms with E-state index < -0.39 is 5.97 Å². The molecule has 0 aliphatic rings. The summed E-state index contributed by atoms with van der Waals surface area (Å²) in [5.74, 6) is 0.158. The van der Waals surface area contributed by atoms with E-state index in [4.69, 9.17) is 4.42 Å². The van der Waals surface area contributed by atoms with Crippen LogP contribution in [0.1, 0.15) is 42.2 Å². The first-order valence-electron chi connectivity index (χ1n) is 8.55. The SMILES string of the molecule is COC(=O)c1coc(CN(CCC(C)C)C(=O)Nc2ccccc2C)n1. The summed E-state index contributed by atoms with van der Waals surface area (Å²) in [5, 5.41) is 2.92. The van der Waals surface area contributed by atoms with Crippen LogP contribution in [0.4, 0.5) is 10.5 Å². The Morgan fingerprint density at radius 1 is 1.31 bits per heavy atom. The van der Waals surface area contributed by atoms with Crippen molar-refractivity contribution in [2.24, 2.45) is 5.92 Å². The van der Waals surface area contributed by atoms with Gasteiger partial charge in [-0.05, 0) is 30.9 Å². The number of esters is 1. The van der Waals surface area contributed by atoms with E-state index in [1.54, 1.807) is 4.90 Å². The summed E-state index contributed by atoms with van der Waals surface area (Å²) in [7, 11) is 1.28. The lowest BCUT2D eigenvalue weighted by Gasteiger charge is -2.23. The van der Waals surface area contributed by atoms with Crippen LogP contribution in [0.5, 0.6) is 0 Å². The van der Waals surface area contributed by atoms with Crippen LogP contribution < -0.4 is 5.32 Å². The molecule has 0 aliphatic carbocycles. The summed E-state index contributed by atoms with van der Waals surface area (Å²) >= 11 is 0. The molecule has 2 rings (SSSR count). The number of methoxy groups -OCH3 is 1. The highest BCUT2D eigenvalue weighted by atomic mass is 16.5. The lowest BCUT2D eigenvalue weighted by molar-refractivity contribution is 0.0594. The van der Waals surface area contributed by atoms with E-state index in [0.717, 1.165) is 17.7 Å². The number of rotatable bonds is 7. The van der Waals surface area contributed by atoms with Crippen LogP contribution in [0.15, 0.2) is 34.9 Å². The predicted octanol–water partition coefficient (Wildman–Crippen LogP) is 3.85. The van der Waals surface area contributed by atoms with Crippen molar-refractivity contribution in [2.45, 2.75) is 33.7 Å². The fourth-order valence-electron chi connectivity index (χ4n) is 2.32. The summed E-state index contributed by atoms with van der Waals surface area (Å²) < 4.78 is 9.93. The predicted molar refractivity (Wildman–Crippen MR) is 97.9 cm³/mol. The number of nitrogens with one attached hydrogen (secondary N) is 1. The molecule has 0 spiro atoms. The zero-order chi connectivity index (χ0) is 19.1. The normalized spacial score (nSPS) is 10.7. The van der Waals surface area contributed by atoms with Crippen LogP contribution in [0, 0.1) is 12.8 Å². The van der Waals surface area contributed by atoms with E-state index in [0.29, 0.717) is 12.5 Å². The number of urea groups is 1. The Balaban J connectivity index is 2.11. The summed E-state index contributed by atoms with van der Waals surface area (Å²) in [4.78, 5) is 30.0. The molecule has 26 heavy (non-hydrogen) atoms. The maximum absolute atomic E-state index is 12.7. The van der Waals surface area contributed by atoms with Gasteiger partial charge >= 0.3 is 12.0 Å². The second-order valence-electron chi connectivity index (χ2n) is 6.47. The van der Waals surface area contributed by atoms with E-state index >= 15 is 0 Å². The van der Waals surface area contributed by atoms with E-state index in [1.807, 2.05) is 31.2 Å². The summed E-state index contributed by atoms with van der Waals surface area (Å²) in [6, 6.07) is 7.34. The molecule has 1 aromatic carbocycles. The van der Waals surface area contributed by atoms with Gasteiger partial charge < -0.3 is 19.4 Å². The molecule has 0 radical (unpaired) electrons. The number of nitrogens with zero attached hydrogens (tertiary/aromatic N) is 2. The van der Waals surface area contributed by atoms with Gasteiger partial charge in [-0.15, -0.1) is 0 Å². The second kappa shape index (κ2) is 9.03. The van der Waals surface area contributed by atoms with Crippen LogP contribution >= 0.6 is 0 Å². The monoisotopic (exact) mass is 359 g/mol. The van der Waals surface area contributed by atoms with Crippen LogP contribution in [0.25, 0.3) is 0 Å². The Kier molecular flexibility index (Phi) is 6.77. The van der Waals surface area contributed by atoms with Gasteiger partial charge in [0.05, 0.1) is 13.7 Å². The number of oxazole rings is 1. The Morgan fingerprint density at radius 2 is 2.04 bits per heavy atom. The highest BCUT2D eigenvalue weighted by Crippen LogP contribution is 2.16. The number of aryl methyl sites for hydroxylation is 1. The maximum Gasteiger partial charge on any atom is 0.360 e. The van der Waals surface area contributed by atoms with Crippen molar-refractivity contribution >= 4 is 17.7 Å². The number of aromatic nitrogens is 1. The molecule has 2 aromatic rings. The average molecular weight is 359 g/mol. The molecule has 0 saturated carbocycles. The minimum absolute atomic E-state index is 0.0885. The molecule has 1 heterocycles. The standard InChI is InChI=1S/C19H25N3O4/c1-13(2)9-10-22(11-17-20-16(12-26-17)18(23)25-4)19(24)21-15-8-6-5-7-14(15)3/h5-8,12-13H,9-11H2,1-4H3,(H,21,24). The van der Waals surface area contributed by atoms with Crippen LogP contribution in [-0.4, -0.2) is 35.5 Å². The Morgan fingerprint density at radius 3 is 2.69 bits per heavy atom. The molecule has 1 aromatic heterocycles. The Bertz CT molecular complexity index is 755. The van der Waals surface area contributed by atoms with Crippen molar-refractivity contribution in [2.75, 3.05) is 19.0 Å². The molecule has 0 bridgehead atoms. The van der Waals surface area contributed by atoms with Gasteiger partial charge in [-0.1, -0.05) is 32.0 Å². The van der Waals surface area contributed by atoms with Crippen molar-refractivity contribution in [3.63, 3.8) is 0 Å². The molecular formula is C19H25N3O4. The van der Waals surface area contributed by atoms with E-state index in [-0.39, 0.29) is 24.2 Å². The molecule has 0 saturated heterocycles. The molecule has 7 heteroatoms. The second-order valence-corrected chi connectivity index (χ2v) is 6.47. The molecule has 140 valence electrons. The maximum atomic E-state index is 12.7. The lowest BCUT2D eigenvalue weighted by Crippen LogP contribution is -2.36. The molecule has 2 amide bonds. The largest absolute Gasteiger partial charge is 0.464 e. The Labute approximate surface area is 153 Å². The summed E-state index contributed by atoms with van der Waals surface area (Å²) in [6.07, 6.45) is 2.08. The number of benzene rings is 1. The number of carbonyl (C=O) groups is 2. The van der Waals surface area contributed by atoms with E-state index in [9.17, 15) is 9.59 Å². The van der Waals surface area contributed by atoms with Crippen LogP contribution in [-0.2, 0) is 11.3 Å². The van der Waals surface area contributed by atoms with Gasteiger partial charge in [0.25, 0.3) is 0 Å². The fraction of sp³-hybridized carbons (Fsp3) is 0.421. The first kappa shape index (κ1) is 19.5. The highest BCUT2D eigenvalue weighted by molar-refractivity contribution is 5.90. The third-order valence-corrected chi connectivity index (χ3v) is 3.92.